The number of carbonyl (C=O) groups is 2. The number of fused-ring (bicyclic) bond motifs is 1. The van der Waals surface area contributed by atoms with Gasteiger partial charge < -0.3 is 24.9 Å². The molecule has 1 aliphatic heterocycles. The number of nitrogens with one attached hydrogen (secondary N) is 2. The van der Waals surface area contributed by atoms with Gasteiger partial charge in [0, 0.05) is 68.3 Å². The smallest absolute Gasteiger partial charge is 0.323 e. The van der Waals surface area contributed by atoms with Crippen molar-refractivity contribution in [2.75, 3.05) is 31.6 Å². The van der Waals surface area contributed by atoms with Crippen molar-refractivity contribution in [1.29, 1.82) is 0 Å². The molecule has 0 spiro atoms. The quantitative estimate of drug-likeness (QED) is 0.316. The predicted octanol–water partition coefficient (Wildman–Crippen LogP) is 2.19. The molecule has 1 atom stereocenters. The van der Waals surface area contributed by atoms with Crippen molar-refractivity contribution >= 4 is 28.3 Å². The molecule has 0 aliphatic carbocycles. The second kappa shape index (κ2) is 10.4. The summed E-state index contributed by atoms with van der Waals surface area (Å²) in [7, 11) is 1.71. The van der Waals surface area contributed by atoms with Crippen LogP contribution in [0.25, 0.3) is 10.9 Å². The number of carbonyl (C=O) groups excluding carboxylic acids is 2. The first-order chi connectivity index (χ1) is 16.8. The largest absolute Gasteiger partial charge is 0.386 e. The molecular weight excluding hydrogens is 448 g/mol. The Labute approximate surface area is 203 Å². The van der Waals surface area contributed by atoms with E-state index in [2.05, 4.69) is 24.8 Å². The summed E-state index contributed by atoms with van der Waals surface area (Å²) in [6.45, 7) is 3.15. The lowest BCUT2D eigenvalue weighted by molar-refractivity contribution is -0.133. The molecule has 4 heterocycles. The number of rotatable bonds is 9. The maximum atomic E-state index is 12.7. The number of aliphatic hydroxyl groups is 1. The van der Waals surface area contributed by atoms with Crippen molar-refractivity contribution in [3.8, 4) is 0 Å². The average Bonchev–Trinajstić information content (AvgIpc) is 3.18. The minimum atomic E-state index is -1.02. The number of unbranched alkanes of at least 4 members (excludes halogenated alkanes) is 1. The molecule has 4 rings (SSSR count). The highest BCUT2D eigenvalue weighted by atomic mass is 16.3. The maximum Gasteiger partial charge on any atom is 0.323 e. The molecular formula is C25H32N6O4. The molecule has 186 valence electrons. The number of amides is 1. The van der Waals surface area contributed by atoms with Crippen LogP contribution in [0.4, 0.5) is 5.69 Å². The van der Waals surface area contributed by atoms with Crippen LogP contribution in [0.1, 0.15) is 54.7 Å². The van der Waals surface area contributed by atoms with Crippen molar-refractivity contribution in [2.45, 2.75) is 51.0 Å². The number of ketones is 1. The van der Waals surface area contributed by atoms with Crippen LogP contribution < -0.4 is 10.6 Å². The lowest BCUT2D eigenvalue weighted by atomic mass is 9.91. The van der Waals surface area contributed by atoms with Crippen LogP contribution in [0.5, 0.6) is 0 Å². The molecule has 1 fully saturated rings. The minimum absolute atomic E-state index is 0.0622. The third-order valence-corrected chi connectivity index (χ3v) is 6.61. The van der Waals surface area contributed by atoms with Gasteiger partial charge in [0.2, 0.25) is 5.91 Å². The molecule has 0 unspecified atom stereocenters. The van der Waals surface area contributed by atoms with Gasteiger partial charge in [0.25, 0.3) is 0 Å². The first kappa shape index (κ1) is 24.6. The molecule has 10 nitrogen and oxygen atoms in total. The summed E-state index contributed by atoms with van der Waals surface area (Å²) in [5.74, 6) is -0.204. The summed E-state index contributed by atoms with van der Waals surface area (Å²) in [6.07, 6.45) is 8.36. The standard InChI is InChI=1S/C25H32N6O4/c1-17-23(29-24(34)28-17)21(32)6-3-4-7-22(33)30(2)15-25(35)10-5-13-31(16-25)20-9-12-27-19-8-11-26-14-18(19)20/h8-9,11-12,14,35H,3-7,10,13,15-16H2,1-2H3,(H2,28,29,34)/t25-/m1/s1. The van der Waals surface area contributed by atoms with E-state index >= 15 is 0 Å². The molecule has 0 saturated carbocycles. The number of hydrogen-bond acceptors (Lipinski definition) is 7. The normalized spacial score (nSPS) is 18.1. The van der Waals surface area contributed by atoms with E-state index in [0.717, 1.165) is 29.6 Å². The molecule has 35 heavy (non-hydrogen) atoms. The second-order valence-corrected chi connectivity index (χ2v) is 9.43. The van der Waals surface area contributed by atoms with Crippen LogP contribution in [-0.4, -0.2) is 73.9 Å². The zero-order valence-corrected chi connectivity index (χ0v) is 20.2. The first-order valence-corrected chi connectivity index (χ1v) is 12.0. The van der Waals surface area contributed by atoms with Gasteiger partial charge in [0.15, 0.2) is 5.78 Å². The number of imidazole rings is 1. The fourth-order valence-electron chi connectivity index (χ4n) is 4.86. The van der Waals surface area contributed by atoms with E-state index in [0.29, 0.717) is 43.6 Å². The molecule has 1 aliphatic rings. The predicted molar refractivity (Wildman–Crippen MR) is 133 cm³/mol. The highest BCUT2D eigenvalue weighted by Gasteiger charge is 2.36. The number of nitrogens with zero attached hydrogens (tertiary/aromatic N) is 4. The van der Waals surface area contributed by atoms with Crippen molar-refractivity contribution in [2.24, 2.45) is 0 Å². The number of likely N-dealkylation sites (N-methyl/N-ethyl adjacent to an activating group) is 1. The van der Waals surface area contributed by atoms with E-state index in [4.69, 9.17) is 0 Å². The highest BCUT2D eigenvalue weighted by Crippen LogP contribution is 2.31. The molecule has 3 aromatic rings. The van der Waals surface area contributed by atoms with Gasteiger partial charge in [0.1, 0.15) is 5.69 Å². The molecule has 3 N–H and O–H groups in total. The number of anilines is 1. The third kappa shape index (κ3) is 5.76. The van der Waals surface area contributed by atoms with Gasteiger partial charge >= 0.3 is 5.69 Å². The summed E-state index contributed by atoms with van der Waals surface area (Å²) < 4.78 is 0. The Hall–Kier alpha value is -3.53. The van der Waals surface area contributed by atoms with Crippen LogP contribution in [0, 0.1) is 6.92 Å². The van der Waals surface area contributed by atoms with Crippen molar-refractivity contribution in [1.82, 2.24) is 24.8 Å². The Morgan fingerprint density at radius 3 is 2.77 bits per heavy atom. The number of hydrogen-bond donors (Lipinski definition) is 3. The van der Waals surface area contributed by atoms with Crippen LogP contribution in [-0.2, 0) is 4.79 Å². The molecule has 3 aromatic heterocycles. The Morgan fingerprint density at radius 1 is 1.20 bits per heavy atom. The van der Waals surface area contributed by atoms with Gasteiger partial charge in [-0.05, 0) is 44.7 Å². The maximum absolute atomic E-state index is 12.7. The summed E-state index contributed by atoms with van der Waals surface area (Å²) in [5.41, 5.74) is 1.26. The number of aryl methyl sites for hydroxylation is 1. The minimum Gasteiger partial charge on any atom is -0.386 e. The molecule has 10 heteroatoms. The molecule has 0 bridgehead atoms. The second-order valence-electron chi connectivity index (χ2n) is 9.43. The molecule has 0 radical (unpaired) electrons. The first-order valence-electron chi connectivity index (χ1n) is 12.0. The summed E-state index contributed by atoms with van der Waals surface area (Å²) in [6, 6.07) is 3.81. The van der Waals surface area contributed by atoms with E-state index in [1.54, 1.807) is 37.5 Å². The van der Waals surface area contributed by atoms with E-state index < -0.39 is 11.3 Å². The Kier molecular flexibility index (Phi) is 7.30. The fourth-order valence-corrected chi connectivity index (χ4v) is 4.86. The van der Waals surface area contributed by atoms with Gasteiger partial charge in [-0.15, -0.1) is 0 Å². The number of aromatic amines is 2. The Balaban J connectivity index is 1.29. The fraction of sp³-hybridized carbons (Fsp3) is 0.480. The van der Waals surface area contributed by atoms with Crippen LogP contribution in [0.3, 0.4) is 0 Å². The number of β-amino-alcohol motifs (C(OH)–C–C–N with tert-alkyl or cyclic N) is 1. The Bertz CT molecular complexity index is 1260. The van der Waals surface area contributed by atoms with Gasteiger partial charge in [-0.25, -0.2) is 4.79 Å². The molecule has 1 amide bonds. The lowest BCUT2D eigenvalue weighted by Gasteiger charge is -2.42. The topological polar surface area (TPSA) is 135 Å². The highest BCUT2D eigenvalue weighted by molar-refractivity contribution is 5.95. The van der Waals surface area contributed by atoms with Crippen molar-refractivity contribution in [3.63, 3.8) is 0 Å². The van der Waals surface area contributed by atoms with E-state index in [-0.39, 0.29) is 24.7 Å². The van der Waals surface area contributed by atoms with E-state index in [9.17, 15) is 19.5 Å². The van der Waals surface area contributed by atoms with Crippen molar-refractivity contribution in [3.05, 3.63) is 52.6 Å². The van der Waals surface area contributed by atoms with Crippen LogP contribution in [0.15, 0.2) is 35.5 Å². The zero-order chi connectivity index (χ0) is 25.0. The van der Waals surface area contributed by atoms with Crippen LogP contribution >= 0.6 is 0 Å². The third-order valence-electron chi connectivity index (χ3n) is 6.61. The number of H-pyrrole nitrogens is 2. The van der Waals surface area contributed by atoms with E-state index in [1.807, 2.05) is 12.1 Å². The van der Waals surface area contributed by atoms with Crippen molar-refractivity contribution < 1.29 is 14.7 Å². The lowest BCUT2D eigenvalue weighted by Crippen LogP contribution is -2.54. The number of Topliss-reactive ketones (excluding diaryl/α,β-unsaturated/α-hetero) is 1. The number of piperidine rings is 1. The summed E-state index contributed by atoms with van der Waals surface area (Å²) in [4.78, 5) is 53.7. The number of pyridine rings is 2. The monoisotopic (exact) mass is 480 g/mol. The average molecular weight is 481 g/mol. The van der Waals surface area contributed by atoms with Gasteiger partial charge in [-0.3, -0.25) is 19.6 Å². The van der Waals surface area contributed by atoms with Gasteiger partial charge in [-0.2, -0.15) is 0 Å². The van der Waals surface area contributed by atoms with Crippen LogP contribution in [0.2, 0.25) is 0 Å². The SMILES string of the molecule is Cc1[nH]c(=O)[nH]c1C(=O)CCCCC(=O)N(C)C[C@]1(O)CCCN(c2ccnc3ccncc23)C1. The van der Waals surface area contributed by atoms with E-state index in [1.165, 1.54) is 0 Å². The summed E-state index contributed by atoms with van der Waals surface area (Å²) >= 11 is 0. The van der Waals surface area contributed by atoms with Gasteiger partial charge in [0.05, 0.1) is 17.7 Å². The number of aromatic nitrogens is 4. The summed E-state index contributed by atoms with van der Waals surface area (Å²) in [5, 5.41) is 12.3. The zero-order valence-electron chi connectivity index (χ0n) is 20.2. The molecule has 1 saturated heterocycles. The molecule has 0 aromatic carbocycles. The Morgan fingerprint density at radius 2 is 2.00 bits per heavy atom. The van der Waals surface area contributed by atoms with Gasteiger partial charge in [-0.1, -0.05) is 0 Å².